The lowest BCUT2D eigenvalue weighted by molar-refractivity contribution is 0.587. The molecule has 0 aliphatic carbocycles. The largest absolute Gasteiger partial charge is 0.245 e. The van der Waals surface area contributed by atoms with E-state index in [2.05, 4.69) is 4.98 Å². The second kappa shape index (κ2) is 5.31. The van der Waals surface area contributed by atoms with E-state index < -0.39 is 9.84 Å². The molecule has 0 saturated heterocycles. The Morgan fingerprint density at radius 1 is 1.06 bits per heavy atom. The van der Waals surface area contributed by atoms with E-state index in [1.165, 1.54) is 12.3 Å². The second-order valence-corrected chi connectivity index (χ2v) is 6.24. The predicted octanol–water partition coefficient (Wildman–Crippen LogP) is 2.66. The molecule has 0 radical (unpaired) electrons. The van der Waals surface area contributed by atoms with Gasteiger partial charge in [-0.3, -0.25) is 0 Å². The lowest BCUT2D eigenvalue weighted by Gasteiger charge is -2.11. The summed E-state index contributed by atoms with van der Waals surface area (Å²) in [5.41, 5.74) is 1.03. The molecule has 18 heavy (non-hydrogen) atoms. The van der Waals surface area contributed by atoms with Crippen molar-refractivity contribution in [3.05, 3.63) is 60.3 Å². The number of pyridine rings is 1. The predicted molar refractivity (Wildman–Crippen MR) is 71.1 cm³/mol. The molecule has 0 bridgehead atoms. The summed E-state index contributed by atoms with van der Waals surface area (Å²) in [6, 6.07) is 14.6. The molecule has 1 aromatic heterocycles. The molecule has 94 valence electrons. The van der Waals surface area contributed by atoms with Crippen LogP contribution in [-0.4, -0.2) is 19.2 Å². The molecule has 2 rings (SSSR count). The third-order valence-electron chi connectivity index (χ3n) is 2.79. The molecule has 0 amide bonds. The van der Waals surface area contributed by atoms with Crippen LogP contribution in [-0.2, 0) is 9.84 Å². The van der Waals surface area contributed by atoms with Gasteiger partial charge in [-0.25, -0.2) is 13.4 Å². The summed E-state index contributed by atoms with van der Waals surface area (Å²) in [4.78, 5) is 3.91. The maximum absolute atomic E-state index is 12.2. The van der Waals surface area contributed by atoms with Gasteiger partial charge in [-0.1, -0.05) is 43.3 Å². The molecule has 0 aliphatic rings. The lowest BCUT2D eigenvalue weighted by Crippen LogP contribution is -2.14. The molecule has 0 saturated carbocycles. The highest BCUT2D eigenvalue weighted by Crippen LogP contribution is 2.19. The van der Waals surface area contributed by atoms with Crippen molar-refractivity contribution >= 4 is 9.84 Å². The van der Waals surface area contributed by atoms with Gasteiger partial charge in [0, 0.05) is 6.20 Å². The topological polar surface area (TPSA) is 47.0 Å². The van der Waals surface area contributed by atoms with Crippen LogP contribution >= 0.6 is 0 Å². The molecule has 0 N–H and O–H groups in total. The Labute approximate surface area is 107 Å². The van der Waals surface area contributed by atoms with E-state index in [1.807, 2.05) is 37.3 Å². The average molecular weight is 261 g/mol. The number of hydrogen-bond acceptors (Lipinski definition) is 3. The SMILES string of the molecule is CC(CS(=O)(=O)c1ccccn1)c1ccccc1. The first-order chi connectivity index (χ1) is 8.59. The summed E-state index contributed by atoms with van der Waals surface area (Å²) in [7, 11) is -3.32. The zero-order valence-corrected chi connectivity index (χ0v) is 11.0. The van der Waals surface area contributed by atoms with Gasteiger partial charge in [-0.05, 0) is 23.6 Å². The van der Waals surface area contributed by atoms with Crippen LogP contribution in [0.3, 0.4) is 0 Å². The van der Waals surface area contributed by atoms with Crippen molar-refractivity contribution in [1.29, 1.82) is 0 Å². The fraction of sp³-hybridized carbons (Fsp3) is 0.214. The van der Waals surface area contributed by atoms with E-state index >= 15 is 0 Å². The van der Waals surface area contributed by atoms with Crippen LogP contribution in [0.15, 0.2) is 59.8 Å². The molecule has 4 heteroatoms. The van der Waals surface area contributed by atoms with Crippen molar-refractivity contribution in [1.82, 2.24) is 4.98 Å². The summed E-state index contributed by atoms with van der Waals surface area (Å²) >= 11 is 0. The average Bonchev–Trinajstić information content (AvgIpc) is 2.40. The normalized spacial score (nSPS) is 13.2. The third-order valence-corrected chi connectivity index (χ3v) is 4.61. The van der Waals surface area contributed by atoms with E-state index in [0.717, 1.165) is 5.56 Å². The Bertz CT molecular complexity index is 594. The Balaban J connectivity index is 2.20. The van der Waals surface area contributed by atoms with Gasteiger partial charge in [0.25, 0.3) is 0 Å². The quantitative estimate of drug-likeness (QED) is 0.850. The smallest absolute Gasteiger partial charge is 0.196 e. The molecule has 1 heterocycles. The molecular formula is C14H15NO2S. The van der Waals surface area contributed by atoms with Crippen molar-refractivity contribution in [2.45, 2.75) is 17.9 Å². The summed E-state index contributed by atoms with van der Waals surface area (Å²) in [5, 5.41) is 0.146. The maximum atomic E-state index is 12.2. The molecule has 1 unspecified atom stereocenters. The highest BCUT2D eigenvalue weighted by molar-refractivity contribution is 7.91. The minimum absolute atomic E-state index is 0.0433. The third kappa shape index (κ3) is 2.96. The number of rotatable bonds is 4. The van der Waals surface area contributed by atoms with Crippen molar-refractivity contribution in [2.75, 3.05) is 5.75 Å². The summed E-state index contributed by atoms with van der Waals surface area (Å²) in [5.74, 6) is 0.0341. The van der Waals surface area contributed by atoms with E-state index in [-0.39, 0.29) is 16.7 Å². The van der Waals surface area contributed by atoms with Crippen LogP contribution < -0.4 is 0 Å². The van der Waals surface area contributed by atoms with Gasteiger partial charge in [0.1, 0.15) is 0 Å². The first-order valence-corrected chi connectivity index (χ1v) is 7.43. The Morgan fingerprint density at radius 2 is 1.72 bits per heavy atom. The molecule has 1 atom stereocenters. The van der Waals surface area contributed by atoms with Crippen LogP contribution in [0.1, 0.15) is 18.4 Å². The van der Waals surface area contributed by atoms with Crippen molar-refractivity contribution in [3.63, 3.8) is 0 Å². The highest BCUT2D eigenvalue weighted by Gasteiger charge is 2.20. The van der Waals surface area contributed by atoms with Gasteiger partial charge < -0.3 is 0 Å². The van der Waals surface area contributed by atoms with Crippen molar-refractivity contribution < 1.29 is 8.42 Å². The number of aromatic nitrogens is 1. The number of sulfone groups is 1. The van der Waals surface area contributed by atoms with Crippen molar-refractivity contribution in [3.8, 4) is 0 Å². The number of hydrogen-bond donors (Lipinski definition) is 0. The molecule has 0 aliphatic heterocycles. The molecule has 2 aromatic rings. The van der Waals surface area contributed by atoms with Gasteiger partial charge in [-0.2, -0.15) is 0 Å². The van der Waals surface area contributed by atoms with E-state index in [0.29, 0.717) is 0 Å². The molecule has 0 fully saturated rings. The lowest BCUT2D eigenvalue weighted by atomic mass is 10.0. The molecule has 1 aromatic carbocycles. The summed E-state index contributed by atoms with van der Waals surface area (Å²) in [6.07, 6.45) is 1.50. The first kappa shape index (κ1) is 12.8. The Morgan fingerprint density at radius 3 is 2.33 bits per heavy atom. The van der Waals surface area contributed by atoms with E-state index in [9.17, 15) is 8.42 Å². The summed E-state index contributed by atoms with van der Waals surface area (Å²) < 4.78 is 24.3. The zero-order chi connectivity index (χ0) is 13.0. The number of nitrogens with zero attached hydrogens (tertiary/aromatic N) is 1. The minimum atomic E-state index is -3.32. The minimum Gasteiger partial charge on any atom is -0.245 e. The number of benzene rings is 1. The van der Waals surface area contributed by atoms with Crippen LogP contribution in [0.25, 0.3) is 0 Å². The van der Waals surface area contributed by atoms with Gasteiger partial charge in [0.15, 0.2) is 14.9 Å². The zero-order valence-electron chi connectivity index (χ0n) is 10.2. The second-order valence-electron chi connectivity index (χ2n) is 4.26. The van der Waals surface area contributed by atoms with Crippen LogP contribution in [0.5, 0.6) is 0 Å². The van der Waals surface area contributed by atoms with Gasteiger partial charge in [0.05, 0.1) is 5.75 Å². The highest BCUT2D eigenvalue weighted by atomic mass is 32.2. The first-order valence-electron chi connectivity index (χ1n) is 5.78. The molecule has 0 spiro atoms. The van der Waals surface area contributed by atoms with Gasteiger partial charge in [-0.15, -0.1) is 0 Å². The fourth-order valence-corrected chi connectivity index (χ4v) is 3.35. The van der Waals surface area contributed by atoms with Crippen LogP contribution in [0.4, 0.5) is 0 Å². The molecule has 3 nitrogen and oxygen atoms in total. The van der Waals surface area contributed by atoms with Crippen LogP contribution in [0.2, 0.25) is 0 Å². The van der Waals surface area contributed by atoms with Crippen molar-refractivity contribution in [2.24, 2.45) is 0 Å². The van der Waals surface area contributed by atoms with E-state index in [4.69, 9.17) is 0 Å². The fourth-order valence-electron chi connectivity index (χ4n) is 1.82. The summed E-state index contributed by atoms with van der Waals surface area (Å²) in [6.45, 7) is 1.91. The molecular weight excluding hydrogens is 246 g/mol. The van der Waals surface area contributed by atoms with Gasteiger partial charge in [0.2, 0.25) is 0 Å². The van der Waals surface area contributed by atoms with Gasteiger partial charge >= 0.3 is 0 Å². The van der Waals surface area contributed by atoms with Crippen LogP contribution in [0, 0.1) is 0 Å². The monoisotopic (exact) mass is 261 g/mol. The van der Waals surface area contributed by atoms with E-state index in [1.54, 1.807) is 12.1 Å². The Kier molecular flexibility index (Phi) is 3.77. The standard InChI is InChI=1S/C14H15NO2S/c1-12(13-7-3-2-4-8-13)11-18(16,17)14-9-5-6-10-15-14/h2-10,12H,11H2,1H3. The maximum Gasteiger partial charge on any atom is 0.196 e. The Hall–Kier alpha value is -1.68.